The van der Waals surface area contributed by atoms with E-state index in [1.165, 1.54) is 11.8 Å². The third kappa shape index (κ3) is 6.08. The highest BCUT2D eigenvalue weighted by Gasteiger charge is 2.06. The molecule has 0 bridgehead atoms. The number of hydrogen-bond acceptors (Lipinski definition) is 7. The van der Waals surface area contributed by atoms with E-state index < -0.39 is 0 Å². The van der Waals surface area contributed by atoms with E-state index >= 15 is 0 Å². The molecule has 0 aromatic carbocycles. The quantitative estimate of drug-likeness (QED) is 0.246. The molecule has 0 aliphatic rings. The van der Waals surface area contributed by atoms with Crippen LogP contribution in [0.2, 0.25) is 0 Å². The highest BCUT2D eigenvalue weighted by atomic mass is 32.2. The highest BCUT2D eigenvalue weighted by Crippen LogP contribution is 2.13. The Morgan fingerprint density at radius 3 is 3.11 bits per heavy atom. The van der Waals surface area contributed by atoms with Gasteiger partial charge in [-0.15, -0.1) is 11.8 Å². The molecule has 1 aromatic heterocycles. The first-order valence-corrected chi connectivity index (χ1v) is 7.94. The van der Waals surface area contributed by atoms with Crippen molar-refractivity contribution in [3.05, 3.63) is 27.8 Å². The molecule has 0 saturated carbocycles. The van der Waals surface area contributed by atoms with Gasteiger partial charge in [0.25, 0.3) is 6.54 Å². The SMILES string of the molecule is CSC(C[N+](=O)[O-])=NCCSCc1[nH]cnc1CO. The number of nitrogens with zero attached hydrogens (tertiary/aromatic N) is 3. The summed E-state index contributed by atoms with van der Waals surface area (Å²) in [6, 6.07) is 0. The van der Waals surface area contributed by atoms with Crippen molar-refractivity contribution in [3.63, 3.8) is 0 Å². The first-order valence-electron chi connectivity index (χ1n) is 5.56. The first kappa shape index (κ1) is 16.0. The zero-order valence-corrected chi connectivity index (χ0v) is 12.2. The molecule has 0 saturated heterocycles. The molecule has 7 nitrogen and oxygen atoms in total. The van der Waals surface area contributed by atoms with Crippen molar-refractivity contribution < 1.29 is 10.0 Å². The van der Waals surface area contributed by atoms with Gasteiger partial charge in [-0.05, 0) is 6.26 Å². The Labute approximate surface area is 119 Å². The molecule has 1 heterocycles. The molecule has 0 amide bonds. The second-order valence-corrected chi connectivity index (χ2v) is 5.49. The lowest BCUT2D eigenvalue weighted by Crippen LogP contribution is -2.11. The molecular formula is C10H16N4O3S2. The lowest BCUT2D eigenvalue weighted by molar-refractivity contribution is -0.462. The average Bonchev–Trinajstić information content (AvgIpc) is 2.83. The number of rotatable bonds is 8. The molecule has 2 N–H and O–H groups in total. The lowest BCUT2D eigenvalue weighted by atomic mass is 10.4. The molecule has 0 spiro atoms. The second-order valence-electron chi connectivity index (χ2n) is 3.51. The monoisotopic (exact) mass is 304 g/mol. The van der Waals surface area contributed by atoms with Gasteiger partial charge in [-0.3, -0.25) is 15.1 Å². The standard InChI is InChI=1S/C10H16N4O3S2/c1-18-10(4-14(16)17)11-2-3-19-6-9-8(5-15)12-7-13-9/h7,15H,2-6H2,1H3,(H,12,13). The Morgan fingerprint density at radius 1 is 1.68 bits per heavy atom. The van der Waals surface area contributed by atoms with Gasteiger partial charge in [-0.1, -0.05) is 0 Å². The molecule has 0 unspecified atom stereocenters. The molecule has 0 aliphatic carbocycles. The van der Waals surface area contributed by atoms with Crippen LogP contribution in [-0.2, 0) is 12.4 Å². The number of hydrogen-bond donors (Lipinski definition) is 2. The summed E-state index contributed by atoms with van der Waals surface area (Å²) < 4.78 is 0. The molecular weight excluding hydrogens is 288 g/mol. The van der Waals surface area contributed by atoms with Crippen molar-refractivity contribution >= 4 is 28.6 Å². The van der Waals surface area contributed by atoms with Gasteiger partial charge in [0.1, 0.15) is 5.04 Å². The fourth-order valence-corrected chi connectivity index (χ4v) is 2.58. The predicted molar refractivity (Wildman–Crippen MR) is 78.4 cm³/mol. The number of aliphatic hydroxyl groups is 1. The van der Waals surface area contributed by atoms with Crippen LogP contribution >= 0.6 is 23.5 Å². The number of nitrogens with one attached hydrogen (secondary N) is 1. The lowest BCUT2D eigenvalue weighted by Gasteiger charge is -2.01. The average molecular weight is 304 g/mol. The van der Waals surface area contributed by atoms with Crippen LogP contribution in [0.1, 0.15) is 11.4 Å². The zero-order chi connectivity index (χ0) is 14.1. The number of aromatic nitrogens is 2. The van der Waals surface area contributed by atoms with Crippen LogP contribution in [0, 0.1) is 10.1 Å². The normalized spacial score (nSPS) is 11.8. The van der Waals surface area contributed by atoms with Gasteiger partial charge in [0.2, 0.25) is 0 Å². The Balaban J connectivity index is 2.27. The van der Waals surface area contributed by atoms with E-state index in [2.05, 4.69) is 15.0 Å². The Bertz CT molecular complexity index is 436. The van der Waals surface area contributed by atoms with Crippen LogP contribution in [-0.4, -0.2) is 50.1 Å². The number of thioether (sulfide) groups is 2. The predicted octanol–water partition coefficient (Wildman–Crippen LogP) is 1.17. The van der Waals surface area contributed by atoms with E-state index in [1.54, 1.807) is 24.3 Å². The minimum absolute atomic E-state index is 0.0724. The summed E-state index contributed by atoms with van der Waals surface area (Å²) in [5.41, 5.74) is 1.57. The fourth-order valence-electron chi connectivity index (χ4n) is 1.31. The molecule has 1 rings (SSSR count). The maximum Gasteiger partial charge on any atom is 0.250 e. The summed E-state index contributed by atoms with van der Waals surface area (Å²) in [4.78, 5) is 21.1. The third-order valence-electron chi connectivity index (χ3n) is 2.23. The summed E-state index contributed by atoms with van der Waals surface area (Å²) in [5, 5.41) is 19.9. The van der Waals surface area contributed by atoms with Crippen molar-refractivity contribution in [2.24, 2.45) is 4.99 Å². The van der Waals surface area contributed by atoms with Gasteiger partial charge in [0.05, 0.1) is 24.3 Å². The van der Waals surface area contributed by atoms with Gasteiger partial charge in [-0.25, -0.2) is 4.98 Å². The van der Waals surface area contributed by atoms with Crippen LogP contribution in [0.4, 0.5) is 0 Å². The number of aliphatic hydroxyl groups excluding tert-OH is 1. The van der Waals surface area contributed by atoms with Gasteiger partial charge in [-0.2, -0.15) is 11.8 Å². The van der Waals surface area contributed by atoms with E-state index in [0.29, 0.717) is 17.3 Å². The van der Waals surface area contributed by atoms with E-state index in [1.807, 2.05) is 0 Å². The van der Waals surface area contributed by atoms with Gasteiger partial charge >= 0.3 is 0 Å². The number of imidazole rings is 1. The molecule has 1 aromatic rings. The number of aromatic amines is 1. The molecule has 19 heavy (non-hydrogen) atoms. The molecule has 0 atom stereocenters. The van der Waals surface area contributed by atoms with E-state index in [0.717, 1.165) is 17.2 Å². The van der Waals surface area contributed by atoms with Crippen molar-refractivity contribution in [2.75, 3.05) is 25.1 Å². The van der Waals surface area contributed by atoms with Crippen LogP contribution in [0.25, 0.3) is 0 Å². The summed E-state index contributed by atoms with van der Waals surface area (Å²) in [6.45, 7) is 0.273. The summed E-state index contributed by atoms with van der Waals surface area (Å²) in [5.74, 6) is 1.49. The minimum atomic E-state index is -0.374. The number of nitro groups is 1. The maximum absolute atomic E-state index is 10.4. The fraction of sp³-hybridized carbons (Fsp3) is 0.600. The van der Waals surface area contributed by atoms with Crippen molar-refractivity contribution in [3.8, 4) is 0 Å². The largest absolute Gasteiger partial charge is 0.390 e. The highest BCUT2D eigenvalue weighted by molar-refractivity contribution is 8.13. The van der Waals surface area contributed by atoms with Crippen LogP contribution in [0.5, 0.6) is 0 Å². The zero-order valence-electron chi connectivity index (χ0n) is 10.5. The number of H-pyrrole nitrogens is 1. The van der Waals surface area contributed by atoms with E-state index in [9.17, 15) is 10.1 Å². The van der Waals surface area contributed by atoms with Crippen molar-refractivity contribution in [2.45, 2.75) is 12.4 Å². The Hall–Kier alpha value is -1.06. The minimum Gasteiger partial charge on any atom is -0.390 e. The maximum atomic E-state index is 10.4. The Kier molecular flexibility index (Phi) is 7.53. The van der Waals surface area contributed by atoms with Gasteiger partial charge in [0, 0.05) is 23.0 Å². The summed E-state index contributed by atoms with van der Waals surface area (Å²) in [7, 11) is 0. The molecule has 106 valence electrons. The Morgan fingerprint density at radius 2 is 2.47 bits per heavy atom. The van der Waals surface area contributed by atoms with Gasteiger partial charge < -0.3 is 10.1 Å². The van der Waals surface area contributed by atoms with Gasteiger partial charge in [0.15, 0.2) is 0 Å². The molecule has 0 radical (unpaired) electrons. The van der Waals surface area contributed by atoms with Crippen LogP contribution in [0.3, 0.4) is 0 Å². The molecule has 9 heteroatoms. The van der Waals surface area contributed by atoms with Crippen molar-refractivity contribution in [1.29, 1.82) is 0 Å². The first-order chi connectivity index (χ1) is 9.17. The third-order valence-corrected chi connectivity index (χ3v) is 3.92. The van der Waals surface area contributed by atoms with E-state index in [4.69, 9.17) is 5.11 Å². The number of aliphatic imine (C=N–C) groups is 1. The second kappa shape index (κ2) is 8.94. The van der Waals surface area contributed by atoms with Crippen LogP contribution in [0.15, 0.2) is 11.3 Å². The van der Waals surface area contributed by atoms with Crippen molar-refractivity contribution in [1.82, 2.24) is 9.97 Å². The smallest absolute Gasteiger partial charge is 0.250 e. The molecule has 0 fully saturated rings. The van der Waals surface area contributed by atoms with E-state index in [-0.39, 0.29) is 18.1 Å². The van der Waals surface area contributed by atoms with Crippen LogP contribution < -0.4 is 0 Å². The summed E-state index contributed by atoms with van der Waals surface area (Å²) >= 11 is 2.95. The molecule has 0 aliphatic heterocycles. The topological polar surface area (TPSA) is 104 Å². The summed E-state index contributed by atoms with van der Waals surface area (Å²) in [6.07, 6.45) is 3.34.